The predicted molar refractivity (Wildman–Crippen MR) is 81.9 cm³/mol. The van der Waals surface area contributed by atoms with E-state index in [0.29, 0.717) is 12.3 Å². The number of amides is 1. The Morgan fingerprint density at radius 1 is 1.38 bits per heavy atom. The average Bonchev–Trinajstić information content (AvgIpc) is 2.41. The molecule has 1 amide bonds. The third-order valence-corrected chi connectivity index (χ3v) is 2.75. The van der Waals surface area contributed by atoms with Gasteiger partial charge in [0.2, 0.25) is 0 Å². The molecule has 1 aromatic rings. The van der Waals surface area contributed by atoms with Crippen molar-refractivity contribution in [2.24, 2.45) is 0 Å². The Hall–Kier alpha value is -2.06. The van der Waals surface area contributed by atoms with Gasteiger partial charge in [0.05, 0.1) is 6.07 Å². The van der Waals surface area contributed by atoms with Gasteiger partial charge in [-0.05, 0) is 33.8 Å². The third-order valence-electron chi connectivity index (χ3n) is 2.75. The zero-order chi connectivity index (χ0) is 15.9. The highest BCUT2D eigenvalue weighted by Gasteiger charge is 2.12. The van der Waals surface area contributed by atoms with Crippen LogP contribution in [0.3, 0.4) is 0 Å². The summed E-state index contributed by atoms with van der Waals surface area (Å²) in [7, 11) is 0. The molecule has 0 aliphatic heterocycles. The summed E-state index contributed by atoms with van der Waals surface area (Å²) in [6, 6.07) is 7.71. The number of benzene rings is 1. The SMILES string of the molecule is Cc1ccc(OCC(=O)NCC#N)c(CNC(C)(C)C)c1. The zero-order valence-electron chi connectivity index (χ0n) is 13.1. The van der Waals surface area contributed by atoms with Crippen LogP contribution in [-0.2, 0) is 11.3 Å². The lowest BCUT2D eigenvalue weighted by Crippen LogP contribution is -2.35. The van der Waals surface area contributed by atoms with E-state index in [1.807, 2.05) is 31.2 Å². The largest absolute Gasteiger partial charge is 0.483 e. The summed E-state index contributed by atoms with van der Waals surface area (Å²) in [5, 5.41) is 14.3. The number of carbonyl (C=O) groups excluding carboxylic acids is 1. The molecule has 5 nitrogen and oxygen atoms in total. The second-order valence-corrected chi connectivity index (χ2v) is 5.94. The fraction of sp³-hybridized carbons (Fsp3) is 0.500. The molecule has 0 aromatic heterocycles. The first-order valence-corrected chi connectivity index (χ1v) is 6.93. The zero-order valence-corrected chi connectivity index (χ0v) is 13.1. The van der Waals surface area contributed by atoms with Crippen molar-refractivity contribution in [1.29, 1.82) is 5.26 Å². The number of hydrogen-bond donors (Lipinski definition) is 2. The maximum Gasteiger partial charge on any atom is 0.258 e. The third kappa shape index (κ3) is 6.77. The molecule has 0 saturated carbocycles. The molecule has 0 spiro atoms. The average molecular weight is 289 g/mol. The van der Waals surface area contributed by atoms with Crippen LogP contribution in [0.4, 0.5) is 0 Å². The molecule has 1 aromatic carbocycles. The van der Waals surface area contributed by atoms with Gasteiger partial charge in [0, 0.05) is 17.6 Å². The molecule has 2 N–H and O–H groups in total. The van der Waals surface area contributed by atoms with Crippen LogP contribution >= 0.6 is 0 Å². The van der Waals surface area contributed by atoms with E-state index in [-0.39, 0.29) is 24.6 Å². The molecular formula is C16H23N3O2. The van der Waals surface area contributed by atoms with Crippen LogP contribution in [0.25, 0.3) is 0 Å². The van der Waals surface area contributed by atoms with E-state index in [1.54, 1.807) is 0 Å². The standard InChI is InChI=1S/C16H23N3O2/c1-12-5-6-14(21-11-15(20)18-8-7-17)13(9-12)10-19-16(2,3)4/h5-6,9,19H,8,10-11H2,1-4H3,(H,18,20). The Morgan fingerprint density at radius 3 is 2.71 bits per heavy atom. The molecule has 114 valence electrons. The Labute approximate surface area is 126 Å². The number of rotatable bonds is 6. The van der Waals surface area contributed by atoms with Crippen molar-refractivity contribution in [1.82, 2.24) is 10.6 Å². The fourth-order valence-corrected chi connectivity index (χ4v) is 1.68. The molecule has 0 saturated heterocycles. The van der Waals surface area contributed by atoms with Gasteiger partial charge in [0.15, 0.2) is 6.61 Å². The quantitative estimate of drug-likeness (QED) is 0.784. The predicted octanol–water partition coefficient (Wildman–Crippen LogP) is 1.90. The minimum atomic E-state index is -0.299. The number of nitrogens with zero attached hydrogens (tertiary/aromatic N) is 1. The smallest absolute Gasteiger partial charge is 0.258 e. The molecule has 0 aliphatic rings. The number of nitriles is 1. The van der Waals surface area contributed by atoms with Gasteiger partial charge in [0.25, 0.3) is 5.91 Å². The van der Waals surface area contributed by atoms with Gasteiger partial charge >= 0.3 is 0 Å². The lowest BCUT2D eigenvalue weighted by Gasteiger charge is -2.22. The van der Waals surface area contributed by atoms with Crippen LogP contribution in [0.5, 0.6) is 5.75 Å². The summed E-state index contributed by atoms with van der Waals surface area (Å²) in [6.07, 6.45) is 0. The van der Waals surface area contributed by atoms with Gasteiger partial charge in [-0.1, -0.05) is 17.7 Å². The van der Waals surface area contributed by atoms with Crippen LogP contribution in [0.1, 0.15) is 31.9 Å². The molecule has 0 radical (unpaired) electrons. The summed E-state index contributed by atoms with van der Waals surface area (Å²) >= 11 is 0. The lowest BCUT2D eigenvalue weighted by molar-refractivity contribution is -0.122. The molecule has 1 rings (SSSR count). The summed E-state index contributed by atoms with van der Waals surface area (Å²) in [4.78, 5) is 11.5. The van der Waals surface area contributed by atoms with E-state index in [4.69, 9.17) is 10.00 Å². The van der Waals surface area contributed by atoms with Crippen LogP contribution < -0.4 is 15.4 Å². The van der Waals surface area contributed by atoms with E-state index in [9.17, 15) is 4.79 Å². The molecule has 0 heterocycles. The molecule has 0 unspecified atom stereocenters. The minimum absolute atomic E-state index is 0.00515. The lowest BCUT2D eigenvalue weighted by atomic mass is 10.1. The van der Waals surface area contributed by atoms with Crippen molar-refractivity contribution in [3.05, 3.63) is 29.3 Å². The van der Waals surface area contributed by atoms with Gasteiger partial charge in [-0.15, -0.1) is 0 Å². The first kappa shape index (κ1) is 17.0. The number of ether oxygens (including phenoxy) is 1. The molecule has 5 heteroatoms. The van der Waals surface area contributed by atoms with Crippen molar-refractivity contribution < 1.29 is 9.53 Å². The summed E-state index contributed by atoms with van der Waals surface area (Å²) in [5.41, 5.74) is 2.16. The number of carbonyl (C=O) groups is 1. The Morgan fingerprint density at radius 2 is 2.10 bits per heavy atom. The first-order chi connectivity index (χ1) is 9.81. The van der Waals surface area contributed by atoms with E-state index in [2.05, 4.69) is 31.4 Å². The van der Waals surface area contributed by atoms with Gasteiger partial charge in [-0.3, -0.25) is 4.79 Å². The highest BCUT2D eigenvalue weighted by Crippen LogP contribution is 2.20. The molecule has 0 aliphatic carbocycles. The van der Waals surface area contributed by atoms with Crippen LogP contribution in [0, 0.1) is 18.3 Å². The van der Waals surface area contributed by atoms with Crippen molar-refractivity contribution in [2.75, 3.05) is 13.2 Å². The topological polar surface area (TPSA) is 74.1 Å². The van der Waals surface area contributed by atoms with E-state index in [0.717, 1.165) is 11.1 Å². The second kappa shape index (κ2) is 7.65. The summed E-state index contributed by atoms with van der Waals surface area (Å²) < 4.78 is 5.55. The van der Waals surface area contributed by atoms with Crippen molar-refractivity contribution >= 4 is 5.91 Å². The van der Waals surface area contributed by atoms with Gasteiger partial charge in [-0.2, -0.15) is 5.26 Å². The number of nitrogens with one attached hydrogen (secondary N) is 2. The molecule has 0 fully saturated rings. The van der Waals surface area contributed by atoms with E-state index >= 15 is 0 Å². The molecule has 21 heavy (non-hydrogen) atoms. The van der Waals surface area contributed by atoms with E-state index < -0.39 is 0 Å². The fourth-order valence-electron chi connectivity index (χ4n) is 1.68. The number of aryl methyl sites for hydroxylation is 1. The van der Waals surface area contributed by atoms with Crippen LogP contribution in [-0.4, -0.2) is 24.6 Å². The molecule has 0 atom stereocenters. The molecule has 0 bridgehead atoms. The Kier molecular flexibility index (Phi) is 6.19. The maximum absolute atomic E-state index is 11.5. The van der Waals surface area contributed by atoms with Crippen molar-refractivity contribution in [3.8, 4) is 11.8 Å². The van der Waals surface area contributed by atoms with Gasteiger partial charge < -0.3 is 15.4 Å². The Balaban J connectivity index is 2.68. The van der Waals surface area contributed by atoms with Gasteiger partial charge in [-0.25, -0.2) is 0 Å². The second-order valence-electron chi connectivity index (χ2n) is 5.94. The Bertz CT molecular complexity index is 527. The summed E-state index contributed by atoms with van der Waals surface area (Å²) in [6.45, 7) is 8.88. The molecular weight excluding hydrogens is 266 g/mol. The maximum atomic E-state index is 11.5. The van der Waals surface area contributed by atoms with Crippen molar-refractivity contribution in [3.63, 3.8) is 0 Å². The van der Waals surface area contributed by atoms with Crippen LogP contribution in [0.2, 0.25) is 0 Å². The first-order valence-electron chi connectivity index (χ1n) is 6.93. The highest BCUT2D eigenvalue weighted by molar-refractivity contribution is 5.77. The summed E-state index contributed by atoms with van der Waals surface area (Å²) in [5.74, 6) is 0.385. The van der Waals surface area contributed by atoms with Gasteiger partial charge in [0.1, 0.15) is 12.3 Å². The van der Waals surface area contributed by atoms with Crippen molar-refractivity contribution in [2.45, 2.75) is 39.8 Å². The van der Waals surface area contributed by atoms with E-state index in [1.165, 1.54) is 0 Å². The minimum Gasteiger partial charge on any atom is -0.483 e. The van der Waals surface area contributed by atoms with Crippen LogP contribution in [0.15, 0.2) is 18.2 Å². The normalized spacial score (nSPS) is 10.8. The monoisotopic (exact) mass is 289 g/mol. The number of hydrogen-bond acceptors (Lipinski definition) is 4. The highest BCUT2D eigenvalue weighted by atomic mass is 16.5.